The van der Waals surface area contributed by atoms with E-state index in [9.17, 15) is 4.79 Å². The Balaban J connectivity index is 2.09. The summed E-state index contributed by atoms with van der Waals surface area (Å²) in [6.07, 6.45) is 3.64. The first-order valence-corrected chi connectivity index (χ1v) is 6.33. The van der Waals surface area contributed by atoms with Gasteiger partial charge in [-0.05, 0) is 30.9 Å². The highest BCUT2D eigenvalue weighted by Crippen LogP contribution is 2.18. The second-order valence-corrected chi connectivity index (χ2v) is 5.37. The number of nitrogens with two attached hydrogens (primary N) is 1. The van der Waals surface area contributed by atoms with Crippen LogP contribution in [0.25, 0.3) is 10.8 Å². The Hall–Kier alpha value is -1.94. The number of carbonyl (C=O) groups excluding carboxylic acids is 1. The summed E-state index contributed by atoms with van der Waals surface area (Å²) in [5.41, 5.74) is 6.01. The van der Waals surface area contributed by atoms with Gasteiger partial charge in [0.15, 0.2) is 0 Å². The van der Waals surface area contributed by atoms with Crippen molar-refractivity contribution in [2.24, 2.45) is 11.1 Å². The highest BCUT2D eigenvalue weighted by atomic mass is 16.1. The van der Waals surface area contributed by atoms with Gasteiger partial charge in [-0.15, -0.1) is 0 Å². The minimum atomic E-state index is -0.536. The van der Waals surface area contributed by atoms with Crippen molar-refractivity contribution in [2.45, 2.75) is 20.4 Å². The van der Waals surface area contributed by atoms with Crippen LogP contribution in [-0.2, 0) is 11.3 Å². The average Bonchev–Trinajstić information content (AvgIpc) is 2.38. The Kier molecular flexibility index (Phi) is 3.81. The molecule has 0 aliphatic rings. The summed E-state index contributed by atoms with van der Waals surface area (Å²) >= 11 is 0. The van der Waals surface area contributed by atoms with E-state index in [-0.39, 0.29) is 5.91 Å². The molecule has 0 saturated carbocycles. The molecule has 0 spiro atoms. The predicted octanol–water partition coefficient (Wildman–Crippen LogP) is 1.84. The number of nitrogens with one attached hydrogen (secondary N) is 1. The first-order chi connectivity index (χ1) is 9.00. The number of amides is 1. The highest BCUT2D eigenvalue weighted by Gasteiger charge is 2.24. The van der Waals surface area contributed by atoms with Gasteiger partial charge in [0.1, 0.15) is 0 Å². The second-order valence-electron chi connectivity index (χ2n) is 5.37. The van der Waals surface area contributed by atoms with Gasteiger partial charge in [0.25, 0.3) is 0 Å². The zero-order valence-corrected chi connectivity index (χ0v) is 11.3. The third-order valence-corrected chi connectivity index (χ3v) is 3.32. The molecule has 1 aromatic carbocycles. The van der Waals surface area contributed by atoms with Crippen molar-refractivity contribution in [3.8, 4) is 0 Å². The lowest BCUT2D eigenvalue weighted by molar-refractivity contribution is -0.125. The summed E-state index contributed by atoms with van der Waals surface area (Å²) in [7, 11) is 0. The molecule has 0 aliphatic carbocycles. The lowest BCUT2D eigenvalue weighted by atomic mass is 9.92. The summed E-state index contributed by atoms with van der Waals surface area (Å²) in [5.74, 6) is -0.290. The Morgan fingerprint density at radius 2 is 2.16 bits per heavy atom. The third kappa shape index (κ3) is 3.09. The molecular weight excluding hydrogens is 238 g/mol. The lowest BCUT2D eigenvalue weighted by Gasteiger charge is -2.21. The van der Waals surface area contributed by atoms with Gasteiger partial charge in [-0.1, -0.05) is 18.2 Å². The molecule has 3 N–H and O–H groups in total. The molecule has 0 bridgehead atoms. The number of nitrogens with zero attached hydrogens (tertiary/aromatic N) is 1. The molecule has 0 unspecified atom stereocenters. The predicted molar refractivity (Wildman–Crippen MR) is 76.4 cm³/mol. The average molecular weight is 257 g/mol. The zero-order valence-electron chi connectivity index (χ0n) is 11.3. The van der Waals surface area contributed by atoms with Crippen LogP contribution in [0.4, 0.5) is 0 Å². The Bertz CT molecular complexity index is 587. The van der Waals surface area contributed by atoms with Crippen molar-refractivity contribution >= 4 is 16.7 Å². The van der Waals surface area contributed by atoms with E-state index in [1.807, 2.05) is 38.2 Å². The summed E-state index contributed by atoms with van der Waals surface area (Å²) in [5, 5.41) is 5.60. The molecule has 0 radical (unpaired) electrons. The van der Waals surface area contributed by atoms with Gasteiger partial charge >= 0.3 is 0 Å². The fourth-order valence-corrected chi connectivity index (χ4v) is 1.94. The summed E-state index contributed by atoms with van der Waals surface area (Å²) in [4.78, 5) is 15.4. The van der Waals surface area contributed by atoms with Crippen LogP contribution in [0.2, 0.25) is 0 Å². The van der Waals surface area contributed by atoms with Crippen molar-refractivity contribution in [3.63, 3.8) is 0 Å². The van der Waals surface area contributed by atoms with E-state index in [2.05, 4.69) is 16.4 Å². The van der Waals surface area contributed by atoms with Crippen molar-refractivity contribution in [3.05, 3.63) is 42.2 Å². The molecule has 2 rings (SSSR count). The summed E-state index contributed by atoms with van der Waals surface area (Å²) in [6, 6.07) is 8.14. The molecule has 0 saturated heterocycles. The van der Waals surface area contributed by atoms with Crippen LogP contribution in [0.15, 0.2) is 36.7 Å². The maximum Gasteiger partial charge on any atom is 0.224 e. The molecule has 1 heterocycles. The number of aromatic nitrogens is 1. The fourth-order valence-electron chi connectivity index (χ4n) is 1.94. The number of pyridine rings is 1. The fraction of sp³-hybridized carbons (Fsp3) is 0.333. The Morgan fingerprint density at radius 3 is 2.89 bits per heavy atom. The van der Waals surface area contributed by atoms with Gasteiger partial charge < -0.3 is 11.1 Å². The lowest BCUT2D eigenvalue weighted by Crippen LogP contribution is -2.40. The standard InChI is InChI=1S/C15H19N3O/c1-15(2,14(16)19)10-18-9-12-5-3-4-11-8-17-7-6-13(11)12/h3-8,18H,9-10H2,1-2H3,(H2,16,19). The Labute approximate surface area is 113 Å². The number of benzene rings is 1. The van der Waals surface area contributed by atoms with E-state index in [4.69, 9.17) is 5.73 Å². The molecule has 0 fully saturated rings. The van der Waals surface area contributed by atoms with Crippen LogP contribution < -0.4 is 11.1 Å². The van der Waals surface area contributed by atoms with E-state index in [1.54, 1.807) is 6.20 Å². The number of fused-ring (bicyclic) bond motifs is 1. The van der Waals surface area contributed by atoms with Gasteiger partial charge in [-0.3, -0.25) is 9.78 Å². The number of primary amides is 1. The molecular formula is C15H19N3O. The van der Waals surface area contributed by atoms with Gasteiger partial charge in [-0.25, -0.2) is 0 Å². The number of hydrogen-bond acceptors (Lipinski definition) is 3. The van der Waals surface area contributed by atoms with Gasteiger partial charge in [-0.2, -0.15) is 0 Å². The quantitative estimate of drug-likeness (QED) is 0.858. The van der Waals surface area contributed by atoms with E-state index in [0.717, 1.165) is 5.39 Å². The second kappa shape index (κ2) is 5.36. The van der Waals surface area contributed by atoms with E-state index >= 15 is 0 Å². The molecule has 2 aromatic rings. The first kappa shape index (κ1) is 13.5. The monoisotopic (exact) mass is 257 g/mol. The number of carbonyl (C=O) groups is 1. The van der Waals surface area contributed by atoms with Crippen LogP contribution in [0.5, 0.6) is 0 Å². The largest absolute Gasteiger partial charge is 0.369 e. The van der Waals surface area contributed by atoms with Crippen LogP contribution >= 0.6 is 0 Å². The van der Waals surface area contributed by atoms with Crippen molar-refractivity contribution in [1.82, 2.24) is 10.3 Å². The summed E-state index contributed by atoms with van der Waals surface area (Å²) in [6.45, 7) is 4.95. The summed E-state index contributed by atoms with van der Waals surface area (Å²) < 4.78 is 0. The first-order valence-electron chi connectivity index (χ1n) is 6.33. The van der Waals surface area contributed by atoms with Crippen molar-refractivity contribution in [1.29, 1.82) is 0 Å². The third-order valence-electron chi connectivity index (χ3n) is 3.32. The molecule has 4 heteroatoms. The van der Waals surface area contributed by atoms with Crippen molar-refractivity contribution in [2.75, 3.05) is 6.54 Å². The van der Waals surface area contributed by atoms with E-state index in [0.29, 0.717) is 13.1 Å². The molecule has 4 nitrogen and oxygen atoms in total. The molecule has 0 atom stereocenters. The number of rotatable bonds is 5. The topological polar surface area (TPSA) is 68.0 Å². The maximum atomic E-state index is 11.2. The van der Waals surface area contributed by atoms with Crippen LogP contribution in [-0.4, -0.2) is 17.4 Å². The minimum absolute atomic E-state index is 0.290. The Morgan fingerprint density at radius 1 is 1.37 bits per heavy atom. The maximum absolute atomic E-state index is 11.2. The van der Waals surface area contributed by atoms with E-state index in [1.165, 1.54) is 10.9 Å². The van der Waals surface area contributed by atoms with Gasteiger partial charge in [0, 0.05) is 30.9 Å². The van der Waals surface area contributed by atoms with Gasteiger partial charge in [0.2, 0.25) is 5.91 Å². The SMILES string of the molecule is CC(C)(CNCc1cccc2cnccc12)C(N)=O. The van der Waals surface area contributed by atoms with Crippen LogP contribution in [0.1, 0.15) is 19.4 Å². The molecule has 0 aliphatic heterocycles. The normalized spacial score (nSPS) is 11.7. The highest BCUT2D eigenvalue weighted by molar-refractivity contribution is 5.84. The van der Waals surface area contributed by atoms with Gasteiger partial charge in [0.05, 0.1) is 5.41 Å². The minimum Gasteiger partial charge on any atom is -0.369 e. The molecule has 19 heavy (non-hydrogen) atoms. The molecule has 100 valence electrons. The van der Waals surface area contributed by atoms with Crippen LogP contribution in [0, 0.1) is 5.41 Å². The van der Waals surface area contributed by atoms with Crippen LogP contribution in [0.3, 0.4) is 0 Å². The van der Waals surface area contributed by atoms with E-state index < -0.39 is 5.41 Å². The smallest absolute Gasteiger partial charge is 0.224 e. The zero-order chi connectivity index (χ0) is 13.9. The molecule has 1 aromatic heterocycles. The number of hydrogen-bond donors (Lipinski definition) is 2. The van der Waals surface area contributed by atoms with Crippen molar-refractivity contribution < 1.29 is 4.79 Å². The molecule has 1 amide bonds.